The summed E-state index contributed by atoms with van der Waals surface area (Å²) in [4.78, 5) is 23.9. The number of hydrogen-bond acceptors (Lipinski definition) is 8. The van der Waals surface area contributed by atoms with Crippen LogP contribution in [0.4, 0.5) is 0 Å². The molecule has 1 saturated heterocycles. The van der Waals surface area contributed by atoms with Crippen molar-refractivity contribution >= 4 is 21.5 Å². The number of hydrogen-bond donors (Lipinski definition) is 0. The minimum absolute atomic E-state index is 0.0693. The first-order valence-electron chi connectivity index (χ1n) is 11.3. The molecule has 1 saturated carbocycles. The van der Waals surface area contributed by atoms with E-state index >= 15 is 0 Å². The molecular formula is C23H28N4O5S. The number of aliphatic imine (C=N–C) groups is 1. The number of ketones is 1. The monoisotopic (exact) mass is 472 g/mol. The van der Waals surface area contributed by atoms with E-state index in [4.69, 9.17) is 9.15 Å². The number of fused-ring (bicyclic) bond motifs is 1. The van der Waals surface area contributed by atoms with E-state index in [1.54, 1.807) is 25.4 Å². The van der Waals surface area contributed by atoms with Crippen LogP contribution in [0.3, 0.4) is 0 Å². The predicted octanol–water partition coefficient (Wildman–Crippen LogP) is 1.96. The van der Waals surface area contributed by atoms with Crippen molar-refractivity contribution in [3.8, 4) is 5.75 Å². The molecule has 33 heavy (non-hydrogen) atoms. The van der Waals surface area contributed by atoms with Gasteiger partial charge in [0.1, 0.15) is 23.3 Å². The van der Waals surface area contributed by atoms with Crippen LogP contribution in [0.1, 0.15) is 47.2 Å². The minimum atomic E-state index is -3.18. The summed E-state index contributed by atoms with van der Waals surface area (Å²) in [6.45, 7) is 5.03. The fourth-order valence-corrected chi connectivity index (χ4v) is 5.06. The highest BCUT2D eigenvalue weighted by Crippen LogP contribution is 2.33. The van der Waals surface area contributed by atoms with E-state index < -0.39 is 16.1 Å². The van der Waals surface area contributed by atoms with Crippen molar-refractivity contribution in [1.29, 1.82) is 0 Å². The lowest BCUT2D eigenvalue weighted by atomic mass is 9.96. The Bertz CT molecular complexity index is 1190. The van der Waals surface area contributed by atoms with Crippen LogP contribution < -0.4 is 4.74 Å². The van der Waals surface area contributed by atoms with E-state index in [9.17, 15) is 13.2 Å². The molecule has 0 bridgehead atoms. The lowest BCUT2D eigenvalue weighted by Crippen LogP contribution is -2.47. The fraction of sp³-hybridized carbons (Fsp3) is 0.522. The first-order chi connectivity index (χ1) is 15.8. The van der Waals surface area contributed by atoms with Crippen LogP contribution in [0.2, 0.25) is 0 Å². The summed E-state index contributed by atoms with van der Waals surface area (Å²) in [6.07, 6.45) is 6.98. The van der Waals surface area contributed by atoms with E-state index in [2.05, 4.69) is 14.9 Å². The van der Waals surface area contributed by atoms with Gasteiger partial charge >= 0.3 is 0 Å². The average Bonchev–Trinajstić information content (AvgIpc) is 3.53. The van der Waals surface area contributed by atoms with Crippen LogP contribution in [0, 0.1) is 5.92 Å². The topological polar surface area (TPSA) is 105 Å². The average molecular weight is 473 g/mol. The quantitative estimate of drug-likeness (QED) is 0.607. The van der Waals surface area contributed by atoms with Gasteiger partial charge in [-0.25, -0.2) is 8.42 Å². The second-order valence-corrected chi connectivity index (χ2v) is 11.0. The van der Waals surface area contributed by atoms with Gasteiger partial charge in [0.15, 0.2) is 11.5 Å². The maximum Gasteiger partial charge on any atom is 0.211 e. The molecule has 0 N–H and O–H groups in total. The molecule has 1 atom stereocenters. The van der Waals surface area contributed by atoms with Gasteiger partial charge in [0.2, 0.25) is 10.0 Å². The third-order valence-corrected chi connectivity index (χ3v) is 7.66. The summed E-state index contributed by atoms with van der Waals surface area (Å²) in [5, 5.41) is 0. The molecule has 1 aliphatic carbocycles. The lowest BCUT2D eigenvalue weighted by Gasteiger charge is -2.32. The number of piperazine rings is 1. The molecule has 0 aromatic carbocycles. The SMILES string of the molecule is CC1N=C(c2ccncc2OCC2CC2)c2oc(CN3CCN(S(C)(=O)=O)CC3)cc2C1=O. The van der Waals surface area contributed by atoms with Gasteiger partial charge in [-0.05, 0) is 37.8 Å². The van der Waals surface area contributed by atoms with Crippen molar-refractivity contribution in [3.05, 3.63) is 47.2 Å². The molecule has 4 heterocycles. The van der Waals surface area contributed by atoms with Gasteiger partial charge < -0.3 is 9.15 Å². The molecule has 1 unspecified atom stereocenters. The Morgan fingerprint density at radius 3 is 2.64 bits per heavy atom. The predicted molar refractivity (Wildman–Crippen MR) is 122 cm³/mol. The van der Waals surface area contributed by atoms with Gasteiger partial charge in [0, 0.05) is 37.9 Å². The second-order valence-electron chi connectivity index (χ2n) is 9.04. The van der Waals surface area contributed by atoms with Gasteiger partial charge in [-0.15, -0.1) is 0 Å². The Kier molecular flexibility index (Phi) is 5.84. The summed E-state index contributed by atoms with van der Waals surface area (Å²) in [5.74, 6) is 2.30. The summed E-state index contributed by atoms with van der Waals surface area (Å²) in [6, 6.07) is 3.14. The molecule has 3 aliphatic rings. The molecule has 2 aliphatic heterocycles. The number of pyridine rings is 1. The van der Waals surface area contributed by atoms with Crippen molar-refractivity contribution in [3.63, 3.8) is 0 Å². The third kappa shape index (κ3) is 4.73. The van der Waals surface area contributed by atoms with Crippen LogP contribution in [0.15, 0.2) is 33.9 Å². The van der Waals surface area contributed by atoms with Gasteiger partial charge in [-0.1, -0.05) is 0 Å². The van der Waals surface area contributed by atoms with Crippen LogP contribution in [-0.2, 0) is 16.6 Å². The zero-order valence-corrected chi connectivity index (χ0v) is 19.7. The molecule has 0 amide bonds. The first kappa shape index (κ1) is 22.2. The Balaban J connectivity index is 1.38. The van der Waals surface area contributed by atoms with Crippen molar-refractivity contribution < 1.29 is 22.4 Å². The number of aromatic nitrogens is 1. The summed E-state index contributed by atoms with van der Waals surface area (Å²) >= 11 is 0. The Labute approximate surface area is 193 Å². The molecular weight excluding hydrogens is 444 g/mol. The number of furan rings is 1. The molecule has 0 spiro atoms. The fourth-order valence-electron chi connectivity index (χ4n) is 4.23. The van der Waals surface area contributed by atoms with Crippen LogP contribution in [0.25, 0.3) is 0 Å². The van der Waals surface area contributed by atoms with E-state index in [1.807, 2.05) is 6.07 Å². The zero-order chi connectivity index (χ0) is 23.2. The normalized spacial score (nSPS) is 22.2. The smallest absolute Gasteiger partial charge is 0.211 e. The lowest BCUT2D eigenvalue weighted by molar-refractivity contribution is 0.0965. The summed E-state index contributed by atoms with van der Waals surface area (Å²) in [5.41, 5.74) is 1.91. The Hall–Kier alpha value is -2.56. The highest BCUT2D eigenvalue weighted by Gasteiger charge is 2.33. The van der Waals surface area contributed by atoms with E-state index in [-0.39, 0.29) is 5.78 Å². The molecule has 2 fully saturated rings. The van der Waals surface area contributed by atoms with Crippen LogP contribution >= 0.6 is 0 Å². The highest BCUT2D eigenvalue weighted by molar-refractivity contribution is 7.88. The van der Waals surface area contributed by atoms with Crippen LogP contribution in [0.5, 0.6) is 5.75 Å². The first-order valence-corrected chi connectivity index (χ1v) is 13.1. The molecule has 5 rings (SSSR count). The van der Waals surface area contributed by atoms with E-state index in [0.717, 1.165) is 5.56 Å². The second kappa shape index (κ2) is 8.66. The van der Waals surface area contributed by atoms with Crippen molar-refractivity contribution in [2.75, 3.05) is 39.0 Å². The molecule has 0 radical (unpaired) electrons. The minimum Gasteiger partial charge on any atom is -0.491 e. The zero-order valence-electron chi connectivity index (χ0n) is 18.9. The number of Topliss-reactive ketones (excluding diaryl/α,β-unsaturated/α-hetero) is 1. The van der Waals surface area contributed by atoms with Gasteiger partial charge in [-0.2, -0.15) is 4.31 Å². The van der Waals surface area contributed by atoms with Gasteiger partial charge in [-0.3, -0.25) is 19.7 Å². The molecule has 9 nitrogen and oxygen atoms in total. The molecule has 2 aromatic rings. The maximum atomic E-state index is 12.9. The largest absolute Gasteiger partial charge is 0.491 e. The van der Waals surface area contributed by atoms with Crippen LogP contribution in [-0.4, -0.2) is 79.2 Å². The highest BCUT2D eigenvalue weighted by atomic mass is 32.2. The summed E-state index contributed by atoms with van der Waals surface area (Å²) in [7, 11) is -3.18. The standard InChI is InChI=1S/C23H28N4O5S/c1-15-22(28)19-11-17(13-26-7-9-27(10-8-26)33(2,29)30)32-23(19)21(25-15)18-5-6-24-12-20(18)31-14-16-3-4-16/h5-6,11-12,15-16H,3-4,7-10,13-14H2,1-2H3. The molecule has 10 heteroatoms. The number of ether oxygens (including phenoxy) is 1. The third-order valence-electron chi connectivity index (χ3n) is 6.36. The Morgan fingerprint density at radius 2 is 1.94 bits per heavy atom. The van der Waals surface area contributed by atoms with Crippen molar-refractivity contribution in [2.45, 2.75) is 32.4 Å². The summed E-state index contributed by atoms with van der Waals surface area (Å²) < 4.78 is 37.2. The number of carbonyl (C=O) groups is 1. The Morgan fingerprint density at radius 1 is 1.18 bits per heavy atom. The number of nitrogens with zero attached hydrogens (tertiary/aromatic N) is 4. The molecule has 176 valence electrons. The number of carbonyl (C=O) groups excluding carboxylic acids is 1. The van der Waals surface area contributed by atoms with Gasteiger partial charge in [0.25, 0.3) is 0 Å². The van der Waals surface area contributed by atoms with Crippen molar-refractivity contribution in [1.82, 2.24) is 14.2 Å². The maximum absolute atomic E-state index is 12.9. The number of rotatable bonds is 7. The van der Waals surface area contributed by atoms with E-state index in [0.29, 0.717) is 73.8 Å². The van der Waals surface area contributed by atoms with Crippen molar-refractivity contribution in [2.24, 2.45) is 10.9 Å². The number of sulfonamides is 1. The van der Waals surface area contributed by atoms with E-state index in [1.165, 1.54) is 23.4 Å². The van der Waals surface area contributed by atoms with Gasteiger partial charge in [0.05, 0.1) is 31.2 Å². The molecule has 2 aromatic heterocycles.